The molecule has 0 fully saturated rings. The molecule has 3 heterocycles. The van der Waals surface area contributed by atoms with Crippen molar-refractivity contribution < 1.29 is 23.7 Å². The lowest BCUT2D eigenvalue weighted by molar-refractivity contribution is -0.139. The lowest BCUT2D eigenvalue weighted by Crippen LogP contribution is -2.39. The fraction of sp³-hybridized carbons (Fsp3) is 0.240. The second-order valence-corrected chi connectivity index (χ2v) is 9.22. The van der Waals surface area contributed by atoms with Gasteiger partial charge in [0.2, 0.25) is 6.79 Å². The van der Waals surface area contributed by atoms with Crippen LogP contribution < -0.4 is 29.1 Å². The number of ether oxygens (including phenoxy) is 4. The van der Waals surface area contributed by atoms with E-state index in [1.165, 1.54) is 15.9 Å². The van der Waals surface area contributed by atoms with Gasteiger partial charge >= 0.3 is 5.97 Å². The summed E-state index contributed by atoms with van der Waals surface area (Å²) < 4.78 is 23.3. The molecule has 1 aromatic heterocycles. The molecule has 3 aromatic rings. The van der Waals surface area contributed by atoms with Crippen LogP contribution in [0.4, 0.5) is 0 Å². The molecule has 0 amide bonds. The molecule has 2 aliphatic rings. The highest BCUT2D eigenvalue weighted by Crippen LogP contribution is 2.37. The first-order chi connectivity index (χ1) is 16.9. The number of thiazole rings is 1. The zero-order valence-electron chi connectivity index (χ0n) is 19.2. The quantitative estimate of drug-likeness (QED) is 0.488. The summed E-state index contributed by atoms with van der Waals surface area (Å²) in [7, 11) is 1.58. The van der Waals surface area contributed by atoms with E-state index in [-0.39, 0.29) is 19.0 Å². The molecule has 1 atom stereocenters. The van der Waals surface area contributed by atoms with E-state index in [9.17, 15) is 9.59 Å². The van der Waals surface area contributed by atoms with Crippen molar-refractivity contribution in [1.82, 2.24) is 4.57 Å². The fourth-order valence-corrected chi connectivity index (χ4v) is 5.32. The third kappa shape index (κ3) is 4.11. The Hall–Kier alpha value is -3.56. The van der Waals surface area contributed by atoms with Gasteiger partial charge in [-0.1, -0.05) is 35.1 Å². The van der Waals surface area contributed by atoms with Crippen LogP contribution in [0.25, 0.3) is 6.08 Å². The van der Waals surface area contributed by atoms with Crippen LogP contribution in [-0.4, -0.2) is 31.0 Å². The maximum absolute atomic E-state index is 13.7. The Labute approximate surface area is 209 Å². The molecule has 35 heavy (non-hydrogen) atoms. The number of carbonyl (C=O) groups excluding carboxylic acids is 1. The highest BCUT2D eigenvalue weighted by molar-refractivity contribution is 7.07. The second-order valence-electron chi connectivity index (χ2n) is 7.80. The number of halogens is 1. The van der Waals surface area contributed by atoms with Gasteiger partial charge in [-0.3, -0.25) is 9.36 Å². The number of nitrogens with zero attached hydrogens (tertiary/aromatic N) is 2. The van der Waals surface area contributed by atoms with E-state index in [2.05, 4.69) is 4.99 Å². The summed E-state index contributed by atoms with van der Waals surface area (Å²) >= 11 is 7.66. The Balaban J connectivity index is 1.70. The predicted molar refractivity (Wildman–Crippen MR) is 131 cm³/mol. The molecule has 1 unspecified atom stereocenters. The first-order valence-electron chi connectivity index (χ1n) is 10.8. The van der Waals surface area contributed by atoms with Gasteiger partial charge in [-0.2, -0.15) is 0 Å². The van der Waals surface area contributed by atoms with E-state index in [4.69, 9.17) is 30.5 Å². The molecule has 0 saturated carbocycles. The number of hydrogen-bond acceptors (Lipinski definition) is 8. The average molecular weight is 513 g/mol. The van der Waals surface area contributed by atoms with Gasteiger partial charge in [-0.25, -0.2) is 9.79 Å². The molecule has 10 heteroatoms. The van der Waals surface area contributed by atoms with Crippen molar-refractivity contribution in [2.45, 2.75) is 19.9 Å². The Morgan fingerprint density at radius 3 is 2.66 bits per heavy atom. The van der Waals surface area contributed by atoms with Crippen LogP contribution in [0.15, 0.2) is 57.5 Å². The number of allylic oxidation sites excluding steroid dienone is 1. The highest BCUT2D eigenvalue weighted by Gasteiger charge is 2.33. The number of aromatic nitrogens is 1. The minimum atomic E-state index is -0.703. The van der Waals surface area contributed by atoms with E-state index in [0.29, 0.717) is 48.4 Å². The van der Waals surface area contributed by atoms with E-state index in [1.54, 1.807) is 51.3 Å². The molecule has 0 spiro atoms. The molecule has 180 valence electrons. The smallest absolute Gasteiger partial charge is 0.338 e. The van der Waals surface area contributed by atoms with Crippen molar-refractivity contribution in [3.63, 3.8) is 0 Å². The van der Waals surface area contributed by atoms with Crippen LogP contribution in [0.5, 0.6) is 17.2 Å². The van der Waals surface area contributed by atoms with Gasteiger partial charge in [-0.05, 0) is 49.2 Å². The van der Waals surface area contributed by atoms with Crippen molar-refractivity contribution in [3.8, 4) is 17.2 Å². The van der Waals surface area contributed by atoms with Crippen LogP contribution in [-0.2, 0) is 9.53 Å². The molecule has 2 aliphatic heterocycles. The molecule has 5 rings (SSSR count). The Morgan fingerprint density at radius 1 is 1.26 bits per heavy atom. The van der Waals surface area contributed by atoms with Crippen molar-refractivity contribution in [3.05, 3.63) is 83.5 Å². The number of carbonyl (C=O) groups is 1. The van der Waals surface area contributed by atoms with Crippen molar-refractivity contribution in [1.29, 1.82) is 0 Å². The van der Waals surface area contributed by atoms with Crippen LogP contribution in [0.1, 0.15) is 31.0 Å². The Bertz CT molecular complexity index is 1540. The molecule has 8 nitrogen and oxygen atoms in total. The second kappa shape index (κ2) is 9.24. The lowest BCUT2D eigenvalue weighted by atomic mass is 9.96. The molecule has 0 radical (unpaired) electrons. The standard InChI is InChI=1S/C25H21ClN2O6S/c1-4-32-24(30)21-13(2)27-25-28(22(21)14-5-7-16(31-3)8-6-14)23(29)20(35-25)10-15-9-18-19(11-17(15)26)34-12-33-18/h5-11,22H,4,12H2,1-3H3. The van der Waals surface area contributed by atoms with Crippen LogP contribution in [0.2, 0.25) is 5.02 Å². The molecular formula is C25H21ClN2O6S. The zero-order valence-corrected chi connectivity index (χ0v) is 20.7. The predicted octanol–water partition coefficient (Wildman–Crippen LogP) is 3.19. The van der Waals surface area contributed by atoms with E-state index in [0.717, 1.165) is 5.56 Å². The van der Waals surface area contributed by atoms with Gasteiger partial charge < -0.3 is 18.9 Å². The van der Waals surface area contributed by atoms with E-state index in [1.807, 2.05) is 12.1 Å². The Morgan fingerprint density at radius 2 is 1.97 bits per heavy atom. The summed E-state index contributed by atoms with van der Waals surface area (Å²) in [5.41, 5.74) is 1.87. The summed E-state index contributed by atoms with van der Waals surface area (Å²) in [5, 5.41) is 0.426. The summed E-state index contributed by atoms with van der Waals surface area (Å²) in [6, 6.07) is 9.92. The van der Waals surface area contributed by atoms with Gasteiger partial charge in [-0.15, -0.1) is 0 Å². The zero-order chi connectivity index (χ0) is 24.7. The van der Waals surface area contributed by atoms with Gasteiger partial charge in [0, 0.05) is 6.07 Å². The van der Waals surface area contributed by atoms with E-state index < -0.39 is 12.0 Å². The molecular weight excluding hydrogens is 492 g/mol. The van der Waals surface area contributed by atoms with Gasteiger partial charge in [0.05, 0.1) is 40.6 Å². The monoisotopic (exact) mass is 512 g/mol. The minimum absolute atomic E-state index is 0.120. The van der Waals surface area contributed by atoms with Crippen LogP contribution >= 0.6 is 22.9 Å². The normalized spacial score (nSPS) is 16.7. The Kier molecular flexibility index (Phi) is 6.12. The fourth-order valence-electron chi connectivity index (χ4n) is 4.08. The summed E-state index contributed by atoms with van der Waals surface area (Å²) in [6.07, 6.45) is 1.70. The number of esters is 1. The summed E-state index contributed by atoms with van der Waals surface area (Å²) in [5.74, 6) is 1.27. The number of fused-ring (bicyclic) bond motifs is 2. The molecule has 0 N–H and O–H groups in total. The number of hydrogen-bond donors (Lipinski definition) is 0. The molecule has 0 aliphatic carbocycles. The summed E-state index contributed by atoms with van der Waals surface area (Å²) in [6.45, 7) is 3.81. The average Bonchev–Trinajstić information content (AvgIpc) is 3.42. The minimum Gasteiger partial charge on any atom is -0.497 e. The SMILES string of the molecule is CCOC(=O)C1=C(C)N=c2sc(=Cc3cc4c(cc3Cl)OCO4)c(=O)n2C1c1ccc(OC)cc1. The third-order valence-corrected chi connectivity index (χ3v) is 7.04. The maximum atomic E-state index is 13.7. The first-order valence-corrected chi connectivity index (χ1v) is 12.0. The van der Waals surface area contributed by atoms with Crippen LogP contribution in [0, 0.1) is 0 Å². The number of benzene rings is 2. The topological polar surface area (TPSA) is 88.4 Å². The largest absolute Gasteiger partial charge is 0.497 e. The third-order valence-electron chi connectivity index (χ3n) is 5.73. The van der Waals surface area contributed by atoms with Gasteiger partial charge in [0.15, 0.2) is 16.3 Å². The summed E-state index contributed by atoms with van der Waals surface area (Å²) in [4.78, 5) is 31.7. The lowest BCUT2D eigenvalue weighted by Gasteiger charge is -2.24. The first kappa shape index (κ1) is 23.2. The van der Waals surface area contributed by atoms with Crippen molar-refractivity contribution >= 4 is 35.0 Å². The number of rotatable bonds is 5. The van der Waals surface area contributed by atoms with Crippen molar-refractivity contribution in [2.24, 2.45) is 4.99 Å². The van der Waals surface area contributed by atoms with Gasteiger partial charge in [0.25, 0.3) is 5.56 Å². The molecule has 2 aromatic carbocycles. The molecule has 0 bridgehead atoms. The number of methoxy groups -OCH3 is 1. The van der Waals surface area contributed by atoms with Crippen molar-refractivity contribution in [2.75, 3.05) is 20.5 Å². The highest BCUT2D eigenvalue weighted by atomic mass is 35.5. The van der Waals surface area contributed by atoms with Gasteiger partial charge in [0.1, 0.15) is 5.75 Å². The van der Waals surface area contributed by atoms with Crippen LogP contribution in [0.3, 0.4) is 0 Å². The molecule has 0 saturated heterocycles. The maximum Gasteiger partial charge on any atom is 0.338 e. The van der Waals surface area contributed by atoms with E-state index >= 15 is 0 Å².